The summed E-state index contributed by atoms with van der Waals surface area (Å²) in [6.45, 7) is 2.73. The molecule has 3 rings (SSSR count). The zero-order chi connectivity index (χ0) is 14.9. The van der Waals surface area contributed by atoms with E-state index in [-0.39, 0.29) is 0 Å². The number of nitrogens with two attached hydrogens (primary N) is 1. The molecule has 0 saturated carbocycles. The molecule has 1 atom stereocenters. The normalized spacial score (nSPS) is 22.2. The Morgan fingerprint density at radius 3 is 2.86 bits per heavy atom. The standard InChI is InChI=1S/C15H19N3O3/c1-15(7-3-4-8-20-15)14-17-13(21-18-14)11-6-5-10(19-2)9-12(11)16/h5-6,9H,3-4,7-8,16H2,1-2H3. The average molecular weight is 289 g/mol. The third-order valence-corrected chi connectivity index (χ3v) is 3.86. The Kier molecular flexibility index (Phi) is 3.55. The van der Waals surface area contributed by atoms with Crippen LogP contribution < -0.4 is 10.5 Å². The summed E-state index contributed by atoms with van der Waals surface area (Å²) in [4.78, 5) is 4.47. The van der Waals surface area contributed by atoms with Crippen LogP contribution in [0.1, 0.15) is 32.0 Å². The van der Waals surface area contributed by atoms with Crippen molar-refractivity contribution in [1.82, 2.24) is 10.1 Å². The second-order valence-electron chi connectivity index (χ2n) is 5.41. The van der Waals surface area contributed by atoms with Gasteiger partial charge in [0.25, 0.3) is 5.89 Å². The van der Waals surface area contributed by atoms with E-state index in [0.29, 0.717) is 28.7 Å². The highest BCUT2D eigenvalue weighted by Gasteiger charge is 2.35. The maximum absolute atomic E-state index is 6.01. The number of nitrogens with zero attached hydrogens (tertiary/aromatic N) is 2. The van der Waals surface area contributed by atoms with Gasteiger partial charge in [0.15, 0.2) is 0 Å². The molecule has 1 aromatic heterocycles. The molecular weight excluding hydrogens is 270 g/mol. The van der Waals surface area contributed by atoms with E-state index >= 15 is 0 Å². The van der Waals surface area contributed by atoms with E-state index in [4.69, 9.17) is 19.7 Å². The van der Waals surface area contributed by atoms with Gasteiger partial charge in [-0.1, -0.05) is 5.16 Å². The van der Waals surface area contributed by atoms with Crippen LogP contribution in [0.5, 0.6) is 5.75 Å². The van der Waals surface area contributed by atoms with Gasteiger partial charge >= 0.3 is 0 Å². The molecule has 2 heterocycles. The molecule has 1 aliphatic heterocycles. The number of methoxy groups -OCH3 is 1. The minimum Gasteiger partial charge on any atom is -0.497 e. The van der Waals surface area contributed by atoms with Crippen molar-refractivity contribution in [2.75, 3.05) is 19.5 Å². The molecule has 21 heavy (non-hydrogen) atoms. The monoisotopic (exact) mass is 289 g/mol. The lowest BCUT2D eigenvalue weighted by Gasteiger charge is -2.30. The van der Waals surface area contributed by atoms with Gasteiger partial charge in [-0.15, -0.1) is 0 Å². The number of rotatable bonds is 3. The van der Waals surface area contributed by atoms with E-state index in [1.54, 1.807) is 13.2 Å². The van der Waals surface area contributed by atoms with Gasteiger partial charge in [-0.2, -0.15) is 4.98 Å². The molecule has 2 N–H and O–H groups in total. The maximum atomic E-state index is 6.01. The van der Waals surface area contributed by atoms with Gasteiger partial charge in [0.05, 0.1) is 12.7 Å². The van der Waals surface area contributed by atoms with Gasteiger partial charge in [0, 0.05) is 18.4 Å². The topological polar surface area (TPSA) is 83.4 Å². The fourth-order valence-electron chi connectivity index (χ4n) is 2.52. The van der Waals surface area contributed by atoms with Gasteiger partial charge in [-0.25, -0.2) is 0 Å². The first-order valence-electron chi connectivity index (χ1n) is 7.04. The first kappa shape index (κ1) is 13.9. The highest BCUT2D eigenvalue weighted by atomic mass is 16.5. The lowest BCUT2D eigenvalue weighted by molar-refractivity contribution is -0.0770. The molecule has 1 aromatic carbocycles. The molecule has 0 aliphatic carbocycles. The largest absolute Gasteiger partial charge is 0.497 e. The van der Waals surface area contributed by atoms with Crippen LogP contribution in [-0.2, 0) is 10.3 Å². The Balaban J connectivity index is 1.91. The van der Waals surface area contributed by atoms with Crippen molar-refractivity contribution in [3.63, 3.8) is 0 Å². The predicted octanol–water partition coefficient (Wildman–Crippen LogP) is 2.74. The van der Waals surface area contributed by atoms with E-state index in [1.165, 1.54) is 0 Å². The van der Waals surface area contributed by atoms with Crippen molar-refractivity contribution in [3.05, 3.63) is 24.0 Å². The fraction of sp³-hybridized carbons (Fsp3) is 0.467. The van der Waals surface area contributed by atoms with E-state index in [9.17, 15) is 0 Å². The summed E-state index contributed by atoms with van der Waals surface area (Å²) >= 11 is 0. The molecule has 0 radical (unpaired) electrons. The number of aromatic nitrogens is 2. The number of benzene rings is 1. The van der Waals surface area contributed by atoms with E-state index in [1.807, 2.05) is 19.1 Å². The Morgan fingerprint density at radius 1 is 1.33 bits per heavy atom. The van der Waals surface area contributed by atoms with Crippen LogP contribution in [0.25, 0.3) is 11.5 Å². The second-order valence-corrected chi connectivity index (χ2v) is 5.41. The zero-order valence-electron chi connectivity index (χ0n) is 12.3. The van der Waals surface area contributed by atoms with Gasteiger partial charge in [0.1, 0.15) is 11.4 Å². The highest BCUT2D eigenvalue weighted by molar-refractivity contribution is 5.71. The number of hydrogen-bond acceptors (Lipinski definition) is 6. The van der Waals surface area contributed by atoms with Crippen molar-refractivity contribution in [3.8, 4) is 17.2 Å². The lowest BCUT2D eigenvalue weighted by atomic mass is 9.95. The molecule has 1 saturated heterocycles. The van der Waals surface area contributed by atoms with Crippen LogP contribution in [0.2, 0.25) is 0 Å². The minimum absolute atomic E-state index is 0.403. The summed E-state index contributed by atoms with van der Waals surface area (Å²) < 4.78 is 16.3. The first-order valence-corrected chi connectivity index (χ1v) is 7.04. The van der Waals surface area contributed by atoms with Gasteiger partial charge < -0.3 is 19.7 Å². The molecule has 6 heteroatoms. The minimum atomic E-state index is -0.471. The third kappa shape index (κ3) is 2.58. The van der Waals surface area contributed by atoms with Crippen LogP contribution in [0, 0.1) is 0 Å². The average Bonchev–Trinajstić information content (AvgIpc) is 2.98. The van der Waals surface area contributed by atoms with E-state index < -0.39 is 5.60 Å². The Bertz CT molecular complexity index is 633. The summed E-state index contributed by atoms with van der Waals surface area (Å²) in [7, 11) is 1.60. The second kappa shape index (κ2) is 5.37. The molecule has 1 fully saturated rings. The highest BCUT2D eigenvalue weighted by Crippen LogP contribution is 2.35. The van der Waals surface area contributed by atoms with Crippen molar-refractivity contribution in [2.24, 2.45) is 0 Å². The molecular formula is C15H19N3O3. The fourth-order valence-corrected chi connectivity index (χ4v) is 2.52. The van der Waals surface area contributed by atoms with Gasteiger partial charge in [0.2, 0.25) is 5.82 Å². The van der Waals surface area contributed by atoms with Crippen LogP contribution in [0.4, 0.5) is 5.69 Å². The molecule has 1 unspecified atom stereocenters. The Hall–Kier alpha value is -2.08. The van der Waals surface area contributed by atoms with Crippen molar-refractivity contribution >= 4 is 5.69 Å². The predicted molar refractivity (Wildman–Crippen MR) is 77.9 cm³/mol. The van der Waals surface area contributed by atoms with Crippen LogP contribution >= 0.6 is 0 Å². The third-order valence-electron chi connectivity index (χ3n) is 3.86. The summed E-state index contributed by atoms with van der Waals surface area (Å²) in [5.74, 6) is 1.67. The summed E-state index contributed by atoms with van der Waals surface area (Å²) in [6, 6.07) is 5.36. The Labute approximate surface area is 123 Å². The molecule has 1 aliphatic rings. The molecule has 0 bridgehead atoms. The summed E-state index contributed by atoms with van der Waals surface area (Å²) in [5, 5.41) is 4.07. The SMILES string of the molecule is COc1ccc(-c2nc(C3(C)CCCCO3)no2)c(N)c1. The molecule has 0 spiro atoms. The van der Waals surface area contributed by atoms with Crippen molar-refractivity contribution in [1.29, 1.82) is 0 Å². The van der Waals surface area contributed by atoms with E-state index in [2.05, 4.69) is 10.1 Å². The molecule has 112 valence electrons. The lowest BCUT2D eigenvalue weighted by Crippen LogP contribution is -2.31. The molecule has 0 amide bonds. The van der Waals surface area contributed by atoms with Gasteiger partial charge in [-0.3, -0.25) is 0 Å². The van der Waals surface area contributed by atoms with Crippen LogP contribution in [0.3, 0.4) is 0 Å². The summed E-state index contributed by atoms with van der Waals surface area (Å²) in [5.41, 5.74) is 6.78. The molecule has 6 nitrogen and oxygen atoms in total. The maximum Gasteiger partial charge on any atom is 0.260 e. The quantitative estimate of drug-likeness (QED) is 0.875. The number of ether oxygens (including phenoxy) is 2. The Morgan fingerprint density at radius 2 is 2.19 bits per heavy atom. The van der Waals surface area contributed by atoms with Gasteiger partial charge in [-0.05, 0) is 38.3 Å². The van der Waals surface area contributed by atoms with Crippen molar-refractivity contribution in [2.45, 2.75) is 31.8 Å². The van der Waals surface area contributed by atoms with E-state index in [0.717, 1.165) is 25.9 Å². The number of nitrogen functional groups attached to an aromatic ring is 1. The number of hydrogen-bond donors (Lipinski definition) is 1. The smallest absolute Gasteiger partial charge is 0.260 e. The molecule has 2 aromatic rings. The zero-order valence-corrected chi connectivity index (χ0v) is 12.3. The number of anilines is 1. The van der Waals surface area contributed by atoms with Crippen LogP contribution in [-0.4, -0.2) is 23.9 Å². The van der Waals surface area contributed by atoms with Crippen molar-refractivity contribution < 1.29 is 14.0 Å². The van der Waals surface area contributed by atoms with Crippen LogP contribution in [0.15, 0.2) is 22.7 Å². The summed E-state index contributed by atoms with van der Waals surface area (Å²) in [6.07, 6.45) is 3.07. The first-order chi connectivity index (χ1) is 10.1.